The highest BCUT2D eigenvalue weighted by Crippen LogP contribution is 2.22. The molecule has 0 aliphatic rings. The van der Waals surface area contributed by atoms with Crippen LogP contribution in [0.25, 0.3) is 0 Å². The average molecular weight is 261 g/mol. The molecule has 0 atom stereocenters. The van der Waals surface area contributed by atoms with Crippen molar-refractivity contribution in [2.45, 2.75) is 19.9 Å². The Morgan fingerprint density at radius 3 is 3.05 bits per heavy atom. The van der Waals surface area contributed by atoms with E-state index in [1.165, 1.54) is 6.07 Å². The molecule has 0 saturated carbocycles. The van der Waals surface area contributed by atoms with Crippen molar-refractivity contribution < 1.29 is 4.92 Å². The highest BCUT2D eigenvalue weighted by atomic mass is 16.6. The molecule has 7 nitrogen and oxygen atoms in total. The molecule has 7 heteroatoms. The van der Waals surface area contributed by atoms with Gasteiger partial charge in [-0.25, -0.2) is 9.97 Å². The van der Waals surface area contributed by atoms with Gasteiger partial charge >= 0.3 is 5.69 Å². The molecule has 1 N–H and O–H groups in total. The lowest BCUT2D eigenvalue weighted by atomic mass is 10.3. The van der Waals surface area contributed by atoms with E-state index in [9.17, 15) is 10.1 Å². The van der Waals surface area contributed by atoms with Gasteiger partial charge in [0.1, 0.15) is 0 Å². The van der Waals surface area contributed by atoms with Crippen LogP contribution in [0.15, 0.2) is 31.0 Å². The fraction of sp³-hybridized carbons (Fsp3) is 0.333. The zero-order chi connectivity index (χ0) is 13.7. The normalized spacial score (nSPS) is 10.4. The fourth-order valence-corrected chi connectivity index (χ4v) is 1.72. The van der Waals surface area contributed by atoms with E-state index in [1.807, 2.05) is 10.8 Å². The molecular formula is C12H15N5O2. The summed E-state index contributed by atoms with van der Waals surface area (Å²) < 4.78 is 1.96. The number of aryl methyl sites for hydroxylation is 2. The minimum Gasteiger partial charge on any atom is -0.364 e. The Hall–Kier alpha value is -2.44. The van der Waals surface area contributed by atoms with Gasteiger partial charge in [-0.1, -0.05) is 0 Å². The largest absolute Gasteiger partial charge is 0.364 e. The van der Waals surface area contributed by atoms with Crippen molar-refractivity contribution in [3.05, 3.63) is 46.7 Å². The minimum absolute atomic E-state index is 0.0163. The molecule has 0 unspecified atom stereocenters. The zero-order valence-electron chi connectivity index (χ0n) is 10.6. The second kappa shape index (κ2) is 5.94. The number of imidazole rings is 1. The first-order chi connectivity index (χ1) is 9.16. The first kappa shape index (κ1) is 13.0. The van der Waals surface area contributed by atoms with E-state index in [0.717, 1.165) is 18.5 Å². The van der Waals surface area contributed by atoms with Crippen LogP contribution in [0.3, 0.4) is 0 Å². The van der Waals surface area contributed by atoms with Crippen molar-refractivity contribution >= 4 is 11.5 Å². The molecule has 0 amide bonds. The molecule has 2 rings (SSSR count). The van der Waals surface area contributed by atoms with Gasteiger partial charge in [-0.05, 0) is 18.9 Å². The number of rotatable bonds is 6. The third-order valence-electron chi connectivity index (χ3n) is 2.65. The summed E-state index contributed by atoms with van der Waals surface area (Å²) in [5.41, 5.74) is 0.790. The molecule has 100 valence electrons. The Bertz CT molecular complexity index is 553. The number of nitrogens with zero attached hydrogens (tertiary/aromatic N) is 4. The number of nitrogens with one attached hydrogen (secondary N) is 1. The molecule has 0 bridgehead atoms. The number of hydrogen-bond acceptors (Lipinski definition) is 5. The predicted molar refractivity (Wildman–Crippen MR) is 71.0 cm³/mol. The molecule has 19 heavy (non-hydrogen) atoms. The summed E-state index contributed by atoms with van der Waals surface area (Å²) in [6, 6.07) is 1.52. The number of nitro groups is 1. The maximum atomic E-state index is 10.9. The predicted octanol–water partition coefficient (Wildman–Crippen LogP) is 2.00. The van der Waals surface area contributed by atoms with Gasteiger partial charge in [-0.15, -0.1) is 0 Å². The minimum atomic E-state index is -0.418. The lowest BCUT2D eigenvalue weighted by Gasteiger charge is -2.07. The summed E-state index contributed by atoms with van der Waals surface area (Å²) in [5, 5.41) is 13.9. The number of anilines is 1. The Morgan fingerprint density at radius 1 is 1.53 bits per heavy atom. The maximum Gasteiger partial charge on any atom is 0.311 e. The molecule has 2 heterocycles. The zero-order valence-corrected chi connectivity index (χ0v) is 10.6. The van der Waals surface area contributed by atoms with Crippen molar-refractivity contribution in [3.8, 4) is 0 Å². The van der Waals surface area contributed by atoms with Crippen LogP contribution in [-0.2, 0) is 6.54 Å². The molecular weight excluding hydrogens is 246 g/mol. The van der Waals surface area contributed by atoms with Crippen molar-refractivity contribution in [3.63, 3.8) is 0 Å². The van der Waals surface area contributed by atoms with E-state index in [1.54, 1.807) is 25.6 Å². The standard InChI is InChI=1S/C12H15N5O2/c1-10-7-11(17(18)19)12(15-8-10)14-3-2-5-16-6-4-13-9-16/h4,6-9H,2-3,5H2,1H3,(H,14,15). The second-order valence-electron chi connectivity index (χ2n) is 4.22. The topological polar surface area (TPSA) is 85.9 Å². The average Bonchev–Trinajstić information content (AvgIpc) is 2.89. The third kappa shape index (κ3) is 3.51. The van der Waals surface area contributed by atoms with Crippen molar-refractivity contribution in [2.24, 2.45) is 0 Å². The number of hydrogen-bond donors (Lipinski definition) is 1. The van der Waals surface area contributed by atoms with Gasteiger partial charge in [-0.2, -0.15) is 0 Å². The lowest BCUT2D eigenvalue weighted by molar-refractivity contribution is -0.384. The van der Waals surface area contributed by atoms with E-state index in [4.69, 9.17) is 0 Å². The molecule has 0 aliphatic carbocycles. The van der Waals surface area contributed by atoms with Gasteiger partial charge in [0, 0.05) is 37.7 Å². The molecule has 0 spiro atoms. The quantitative estimate of drug-likeness (QED) is 0.488. The molecule has 0 radical (unpaired) electrons. The van der Waals surface area contributed by atoms with Gasteiger partial charge in [0.05, 0.1) is 11.3 Å². The number of pyridine rings is 1. The molecule has 0 aliphatic heterocycles. The fourth-order valence-electron chi connectivity index (χ4n) is 1.72. The molecule has 0 saturated heterocycles. The van der Waals surface area contributed by atoms with Crippen molar-refractivity contribution in [1.82, 2.24) is 14.5 Å². The van der Waals surface area contributed by atoms with Gasteiger partial charge < -0.3 is 9.88 Å². The van der Waals surface area contributed by atoms with Crippen LogP contribution in [-0.4, -0.2) is 26.0 Å². The van der Waals surface area contributed by atoms with Gasteiger partial charge in [0.15, 0.2) is 0 Å². The van der Waals surface area contributed by atoms with Crippen molar-refractivity contribution in [2.75, 3.05) is 11.9 Å². The summed E-state index contributed by atoms with van der Waals surface area (Å²) in [4.78, 5) is 18.5. The van der Waals surface area contributed by atoms with Crippen molar-refractivity contribution in [1.29, 1.82) is 0 Å². The Morgan fingerprint density at radius 2 is 2.37 bits per heavy atom. The molecule has 2 aromatic heterocycles. The Balaban J connectivity index is 1.90. The Labute approximate surface area is 110 Å². The van der Waals surface area contributed by atoms with Gasteiger partial charge in [0.25, 0.3) is 0 Å². The smallest absolute Gasteiger partial charge is 0.311 e. The van der Waals surface area contributed by atoms with Crippen LogP contribution >= 0.6 is 0 Å². The molecule has 0 fully saturated rings. The van der Waals surface area contributed by atoms with E-state index < -0.39 is 4.92 Å². The van der Waals surface area contributed by atoms with Crippen LogP contribution < -0.4 is 5.32 Å². The van der Waals surface area contributed by atoms with E-state index >= 15 is 0 Å². The van der Waals surface area contributed by atoms with Gasteiger partial charge in [-0.3, -0.25) is 10.1 Å². The first-order valence-electron chi connectivity index (χ1n) is 5.97. The summed E-state index contributed by atoms with van der Waals surface area (Å²) in [6.07, 6.45) is 7.80. The van der Waals surface area contributed by atoms with E-state index in [2.05, 4.69) is 15.3 Å². The van der Waals surface area contributed by atoms with Crippen LogP contribution in [0.1, 0.15) is 12.0 Å². The third-order valence-corrected chi connectivity index (χ3v) is 2.65. The monoisotopic (exact) mass is 261 g/mol. The molecule has 2 aromatic rings. The summed E-state index contributed by atoms with van der Waals surface area (Å²) in [6.45, 7) is 3.21. The van der Waals surface area contributed by atoms with E-state index in [-0.39, 0.29) is 5.69 Å². The summed E-state index contributed by atoms with van der Waals surface area (Å²) in [5.74, 6) is 0.321. The highest BCUT2D eigenvalue weighted by molar-refractivity contribution is 5.56. The van der Waals surface area contributed by atoms with Crippen LogP contribution in [0, 0.1) is 17.0 Å². The Kier molecular flexibility index (Phi) is 4.07. The molecule has 0 aromatic carbocycles. The second-order valence-corrected chi connectivity index (χ2v) is 4.22. The summed E-state index contributed by atoms with van der Waals surface area (Å²) in [7, 11) is 0. The SMILES string of the molecule is Cc1cnc(NCCCn2ccnc2)c([N+](=O)[O-])c1. The first-order valence-corrected chi connectivity index (χ1v) is 5.97. The number of aromatic nitrogens is 3. The lowest BCUT2D eigenvalue weighted by Crippen LogP contribution is -2.09. The highest BCUT2D eigenvalue weighted by Gasteiger charge is 2.14. The maximum absolute atomic E-state index is 10.9. The van der Waals surface area contributed by atoms with Gasteiger partial charge in [0.2, 0.25) is 5.82 Å². The van der Waals surface area contributed by atoms with Crippen LogP contribution in [0.2, 0.25) is 0 Å². The van der Waals surface area contributed by atoms with Crippen LogP contribution in [0.5, 0.6) is 0 Å². The van der Waals surface area contributed by atoms with E-state index in [0.29, 0.717) is 12.4 Å². The van der Waals surface area contributed by atoms with Crippen LogP contribution in [0.4, 0.5) is 11.5 Å². The summed E-state index contributed by atoms with van der Waals surface area (Å²) >= 11 is 0.